The summed E-state index contributed by atoms with van der Waals surface area (Å²) in [6, 6.07) is 0. The second-order valence-electron chi connectivity index (χ2n) is 6.03. The van der Waals surface area contributed by atoms with Gasteiger partial charge >= 0.3 is 5.57 Å². The van der Waals surface area contributed by atoms with Crippen LogP contribution in [0.5, 0.6) is 0 Å². The van der Waals surface area contributed by atoms with Gasteiger partial charge in [-0.3, -0.25) is 0 Å². The Balaban J connectivity index is 2.88. The Labute approximate surface area is 142 Å². The van der Waals surface area contributed by atoms with Crippen LogP contribution in [-0.2, 0) is 26.2 Å². The van der Waals surface area contributed by atoms with Gasteiger partial charge in [0.25, 0.3) is 0 Å². The lowest BCUT2D eigenvalue weighted by atomic mass is 10.3. The molecule has 4 nitrogen and oxygen atoms in total. The summed E-state index contributed by atoms with van der Waals surface area (Å²) in [5, 5.41) is 1.40. The maximum atomic E-state index is 2.47. The highest BCUT2D eigenvalue weighted by Crippen LogP contribution is 2.17. The number of hydrogen-bond donors (Lipinski definition) is 0. The van der Waals surface area contributed by atoms with Gasteiger partial charge in [-0.25, -0.2) is 9.13 Å². The number of nitrogens with zero attached hydrogens (tertiary/aromatic N) is 4. The fraction of sp³-hybridized carbons (Fsp3) is 0.667. The molecule has 5 heteroatoms. The zero-order valence-corrected chi connectivity index (χ0v) is 17.0. The standard InChI is InChI=1S/C18H32N4P/c1-9-19-13(5)14(6)20(10-2)17(19)23-18-21(11-3)15(7)16(8)22(18)12-4/h9-12H2,1-8H3/q+1. The third-order valence-electron chi connectivity index (χ3n) is 5.10. The Morgan fingerprint density at radius 3 is 1.61 bits per heavy atom. The molecule has 0 spiro atoms. The molecule has 0 aliphatic rings. The molecular formula is C18H32N4P+. The molecule has 2 rings (SSSR count). The summed E-state index contributed by atoms with van der Waals surface area (Å²) >= 11 is 0. The molecule has 0 aliphatic carbocycles. The van der Waals surface area contributed by atoms with Gasteiger partial charge in [0.05, 0.1) is 21.3 Å². The van der Waals surface area contributed by atoms with Crippen molar-refractivity contribution in [1.82, 2.24) is 13.7 Å². The van der Waals surface area contributed by atoms with Crippen LogP contribution in [-0.4, -0.2) is 13.7 Å². The van der Waals surface area contributed by atoms with Crippen molar-refractivity contribution in [3.05, 3.63) is 28.0 Å². The molecule has 23 heavy (non-hydrogen) atoms. The lowest BCUT2D eigenvalue weighted by Gasteiger charge is -2.03. The fourth-order valence-electron chi connectivity index (χ4n) is 3.52. The maximum Gasteiger partial charge on any atom is 0.310 e. The number of aromatic nitrogens is 4. The molecule has 0 saturated heterocycles. The van der Waals surface area contributed by atoms with E-state index in [4.69, 9.17) is 0 Å². The summed E-state index contributed by atoms with van der Waals surface area (Å²) in [5.74, 6) is 0. The van der Waals surface area contributed by atoms with Crippen LogP contribution in [0.2, 0.25) is 0 Å². The summed E-state index contributed by atoms with van der Waals surface area (Å²) < 4.78 is 9.88. The molecule has 0 bridgehead atoms. The van der Waals surface area contributed by atoms with Crippen LogP contribution in [0, 0.1) is 32.9 Å². The molecular weight excluding hydrogens is 303 g/mol. The first kappa shape index (κ1) is 18.1. The van der Waals surface area contributed by atoms with E-state index in [0.29, 0.717) is 0 Å². The number of hydrogen-bond acceptors (Lipinski definition) is 0. The molecule has 0 aliphatic heterocycles. The van der Waals surface area contributed by atoms with E-state index < -0.39 is 0 Å². The first-order valence-electron chi connectivity index (χ1n) is 8.83. The zero-order chi connectivity index (χ0) is 17.3. The van der Waals surface area contributed by atoms with Crippen molar-refractivity contribution in [2.45, 2.75) is 81.6 Å². The minimum atomic E-state index is 1.03. The van der Waals surface area contributed by atoms with Gasteiger partial charge in [0.15, 0.2) is 0 Å². The average molecular weight is 335 g/mol. The molecule has 0 fully saturated rings. The monoisotopic (exact) mass is 335 g/mol. The predicted molar refractivity (Wildman–Crippen MR) is 98.5 cm³/mol. The van der Waals surface area contributed by atoms with Gasteiger partial charge in [-0.1, -0.05) is 0 Å². The van der Waals surface area contributed by atoms with Gasteiger partial charge < -0.3 is 9.13 Å². The second kappa shape index (κ2) is 7.09. The van der Waals surface area contributed by atoms with Crippen molar-refractivity contribution in [2.24, 2.45) is 0 Å². The van der Waals surface area contributed by atoms with Crippen molar-refractivity contribution in [3.63, 3.8) is 0 Å². The summed E-state index contributed by atoms with van der Waals surface area (Å²) in [6.07, 6.45) is 0. The Bertz CT molecular complexity index is 716. The van der Waals surface area contributed by atoms with Crippen LogP contribution < -0.4 is 10.1 Å². The maximum absolute atomic E-state index is 2.47. The topological polar surface area (TPSA) is 18.7 Å². The molecule has 2 aromatic rings. The molecule has 0 saturated carbocycles. The van der Waals surface area contributed by atoms with Crippen LogP contribution in [0.25, 0.3) is 0 Å². The van der Waals surface area contributed by atoms with Gasteiger partial charge in [0, 0.05) is 38.3 Å². The molecule has 0 N–H and O–H groups in total. The van der Waals surface area contributed by atoms with Crippen molar-refractivity contribution in [2.75, 3.05) is 0 Å². The van der Waals surface area contributed by atoms with Gasteiger partial charge in [-0.15, -0.1) is 0 Å². The van der Waals surface area contributed by atoms with Crippen molar-refractivity contribution in [3.8, 4) is 0 Å². The van der Waals surface area contributed by atoms with Gasteiger partial charge in [0.2, 0.25) is 0 Å². The van der Waals surface area contributed by atoms with Crippen LogP contribution in [0.1, 0.15) is 50.5 Å². The van der Waals surface area contributed by atoms with Crippen molar-refractivity contribution >= 4 is 13.8 Å². The molecule has 2 heterocycles. The third-order valence-corrected chi connectivity index (χ3v) is 6.46. The van der Waals surface area contributed by atoms with E-state index in [9.17, 15) is 0 Å². The summed E-state index contributed by atoms with van der Waals surface area (Å²) in [4.78, 5) is 0. The first-order chi connectivity index (χ1) is 10.9. The molecule has 0 amide bonds. The van der Waals surface area contributed by atoms with Crippen LogP contribution in [0.4, 0.5) is 0 Å². The molecule has 0 aromatic carbocycles. The van der Waals surface area contributed by atoms with Gasteiger partial charge in [0.1, 0.15) is 16.6 Å². The molecule has 0 atom stereocenters. The molecule has 128 valence electrons. The SMILES string of the molecule is CCn1c(C)c(C)[n+](CC)c1P=c1n(CC)c(C)c(C)n1CC. The number of rotatable bonds is 5. The van der Waals surface area contributed by atoms with E-state index in [2.05, 4.69) is 73.7 Å². The van der Waals surface area contributed by atoms with Crippen LogP contribution in [0.15, 0.2) is 0 Å². The van der Waals surface area contributed by atoms with Crippen molar-refractivity contribution in [1.29, 1.82) is 0 Å². The summed E-state index contributed by atoms with van der Waals surface area (Å²) in [7, 11) is 1.30. The summed E-state index contributed by atoms with van der Waals surface area (Å²) in [5.41, 5.74) is 6.97. The van der Waals surface area contributed by atoms with Gasteiger partial charge in [-0.2, -0.15) is 0 Å². The highest BCUT2D eigenvalue weighted by Gasteiger charge is 2.23. The second-order valence-corrected chi connectivity index (χ2v) is 7.05. The minimum Gasteiger partial charge on any atom is -0.326 e. The lowest BCUT2D eigenvalue weighted by molar-refractivity contribution is -0.680. The quantitative estimate of drug-likeness (QED) is 0.588. The molecule has 0 unspecified atom stereocenters. The predicted octanol–water partition coefficient (Wildman–Crippen LogP) is 3.50. The van der Waals surface area contributed by atoms with Gasteiger partial charge in [-0.05, 0) is 41.5 Å². The zero-order valence-electron chi connectivity index (χ0n) is 16.1. The van der Waals surface area contributed by atoms with E-state index in [1.807, 2.05) is 0 Å². The first-order valence-corrected chi connectivity index (χ1v) is 9.72. The Morgan fingerprint density at radius 2 is 1.22 bits per heavy atom. The van der Waals surface area contributed by atoms with E-state index in [1.165, 1.54) is 41.7 Å². The largest absolute Gasteiger partial charge is 0.326 e. The summed E-state index contributed by atoms with van der Waals surface area (Å²) in [6.45, 7) is 22.1. The Kier molecular flexibility index (Phi) is 5.57. The average Bonchev–Trinajstić information content (AvgIpc) is 2.91. The van der Waals surface area contributed by atoms with E-state index in [1.54, 1.807) is 0 Å². The highest BCUT2D eigenvalue weighted by molar-refractivity contribution is 7.37. The smallest absolute Gasteiger partial charge is 0.310 e. The lowest BCUT2D eigenvalue weighted by Crippen LogP contribution is -2.47. The Morgan fingerprint density at radius 1 is 0.739 bits per heavy atom. The van der Waals surface area contributed by atoms with E-state index in [0.717, 1.165) is 26.2 Å². The van der Waals surface area contributed by atoms with E-state index in [-0.39, 0.29) is 0 Å². The van der Waals surface area contributed by atoms with E-state index >= 15 is 0 Å². The normalized spacial score (nSPS) is 11.7. The van der Waals surface area contributed by atoms with Crippen LogP contribution >= 0.6 is 8.20 Å². The number of imidazole rings is 2. The molecule has 0 radical (unpaired) electrons. The molecule has 2 aromatic heterocycles. The van der Waals surface area contributed by atoms with Crippen molar-refractivity contribution < 1.29 is 4.57 Å². The van der Waals surface area contributed by atoms with Crippen LogP contribution in [0.3, 0.4) is 0 Å². The Hall–Kier alpha value is -1.28. The fourth-order valence-corrected chi connectivity index (χ4v) is 5.35. The highest BCUT2D eigenvalue weighted by atomic mass is 31.1. The third kappa shape index (κ3) is 2.82. The minimum absolute atomic E-state index is 1.03.